The lowest BCUT2D eigenvalue weighted by Crippen LogP contribution is -2.26. The van der Waals surface area contributed by atoms with Gasteiger partial charge in [0.05, 0.1) is 23.4 Å². The molecule has 0 spiro atoms. The summed E-state index contributed by atoms with van der Waals surface area (Å²) >= 11 is 1.57. The summed E-state index contributed by atoms with van der Waals surface area (Å²) in [6, 6.07) is 5.88. The second-order valence-electron chi connectivity index (χ2n) is 4.75. The standard InChI is InChI=1S/C14H15N5S/c15-8-10-4-6-17-13(7-10)19-14-18-12(9-20-14)11-3-1-2-5-16-11/h4,6-7,9,11,16H,1-3,5H2,(H,17,18,19)/t11-/m1/s1. The van der Waals surface area contributed by atoms with E-state index in [9.17, 15) is 0 Å². The van der Waals surface area contributed by atoms with Crippen LogP contribution in [0.2, 0.25) is 0 Å². The predicted octanol–water partition coefficient (Wildman–Crippen LogP) is 2.97. The smallest absolute Gasteiger partial charge is 0.188 e. The molecule has 1 saturated heterocycles. The number of nitrogens with zero attached hydrogens (tertiary/aromatic N) is 3. The zero-order valence-electron chi connectivity index (χ0n) is 11.0. The molecule has 0 aliphatic carbocycles. The van der Waals surface area contributed by atoms with Crippen LogP contribution in [0.5, 0.6) is 0 Å². The number of aromatic nitrogens is 2. The molecule has 1 atom stereocenters. The van der Waals surface area contributed by atoms with Gasteiger partial charge in [0.15, 0.2) is 5.13 Å². The molecule has 2 aromatic heterocycles. The van der Waals surface area contributed by atoms with Gasteiger partial charge in [0, 0.05) is 11.6 Å². The Bertz CT molecular complexity index is 624. The number of nitrogens with one attached hydrogen (secondary N) is 2. The predicted molar refractivity (Wildman–Crippen MR) is 78.9 cm³/mol. The zero-order chi connectivity index (χ0) is 13.8. The molecule has 0 unspecified atom stereocenters. The van der Waals surface area contributed by atoms with Gasteiger partial charge in [-0.25, -0.2) is 9.97 Å². The Hall–Kier alpha value is -1.97. The van der Waals surface area contributed by atoms with Crippen LogP contribution < -0.4 is 10.6 Å². The lowest BCUT2D eigenvalue weighted by atomic mass is 10.0. The minimum absolute atomic E-state index is 0.369. The molecule has 3 heterocycles. The highest BCUT2D eigenvalue weighted by Gasteiger charge is 2.17. The van der Waals surface area contributed by atoms with Crippen molar-refractivity contribution < 1.29 is 0 Å². The number of hydrogen-bond acceptors (Lipinski definition) is 6. The number of piperidine rings is 1. The van der Waals surface area contributed by atoms with Crippen molar-refractivity contribution in [2.75, 3.05) is 11.9 Å². The number of nitriles is 1. The Labute approximate surface area is 121 Å². The van der Waals surface area contributed by atoms with Gasteiger partial charge in [-0.2, -0.15) is 5.26 Å². The fraction of sp³-hybridized carbons (Fsp3) is 0.357. The molecule has 0 bridgehead atoms. The van der Waals surface area contributed by atoms with Gasteiger partial charge < -0.3 is 10.6 Å². The Morgan fingerprint density at radius 1 is 1.45 bits per heavy atom. The molecule has 5 nitrogen and oxygen atoms in total. The molecule has 20 heavy (non-hydrogen) atoms. The average Bonchev–Trinajstić information content (AvgIpc) is 2.97. The highest BCUT2D eigenvalue weighted by molar-refractivity contribution is 7.13. The molecular weight excluding hydrogens is 270 g/mol. The van der Waals surface area contributed by atoms with Crippen LogP contribution in [-0.2, 0) is 0 Å². The lowest BCUT2D eigenvalue weighted by Gasteiger charge is -2.21. The number of pyridine rings is 1. The summed E-state index contributed by atoms with van der Waals surface area (Å²) in [5, 5.41) is 18.4. The van der Waals surface area contributed by atoms with Crippen LogP contribution in [0.3, 0.4) is 0 Å². The third-order valence-electron chi connectivity index (χ3n) is 3.31. The van der Waals surface area contributed by atoms with Crippen molar-refractivity contribution in [2.45, 2.75) is 25.3 Å². The first kappa shape index (κ1) is 13.0. The molecule has 3 rings (SSSR count). The molecule has 2 aromatic rings. The van der Waals surface area contributed by atoms with E-state index in [0.717, 1.165) is 23.8 Å². The van der Waals surface area contributed by atoms with Gasteiger partial charge in [0.2, 0.25) is 0 Å². The van der Waals surface area contributed by atoms with Crippen molar-refractivity contribution in [1.82, 2.24) is 15.3 Å². The molecule has 0 saturated carbocycles. The minimum atomic E-state index is 0.369. The monoisotopic (exact) mass is 285 g/mol. The molecule has 0 aromatic carbocycles. The number of hydrogen-bond donors (Lipinski definition) is 2. The van der Waals surface area contributed by atoms with Gasteiger partial charge in [0.25, 0.3) is 0 Å². The maximum absolute atomic E-state index is 8.88. The number of anilines is 2. The first-order valence-electron chi connectivity index (χ1n) is 6.67. The van der Waals surface area contributed by atoms with Crippen LogP contribution in [0, 0.1) is 11.3 Å². The topological polar surface area (TPSA) is 73.6 Å². The summed E-state index contributed by atoms with van der Waals surface area (Å²) in [6.07, 6.45) is 5.27. The molecule has 1 aliphatic heterocycles. The van der Waals surface area contributed by atoms with E-state index in [1.165, 1.54) is 12.8 Å². The molecular formula is C14H15N5S. The number of thiazole rings is 1. The van der Waals surface area contributed by atoms with Gasteiger partial charge in [-0.05, 0) is 31.5 Å². The Morgan fingerprint density at radius 2 is 2.40 bits per heavy atom. The van der Waals surface area contributed by atoms with E-state index >= 15 is 0 Å². The molecule has 0 radical (unpaired) electrons. The third kappa shape index (κ3) is 2.95. The van der Waals surface area contributed by atoms with Crippen LogP contribution in [0.4, 0.5) is 10.9 Å². The lowest BCUT2D eigenvalue weighted by molar-refractivity contribution is 0.407. The number of rotatable bonds is 3. The van der Waals surface area contributed by atoms with Crippen molar-refractivity contribution in [1.29, 1.82) is 5.26 Å². The Morgan fingerprint density at radius 3 is 3.20 bits per heavy atom. The van der Waals surface area contributed by atoms with Gasteiger partial charge in [-0.3, -0.25) is 0 Å². The second kappa shape index (κ2) is 5.99. The van der Waals surface area contributed by atoms with Crippen molar-refractivity contribution in [3.8, 4) is 6.07 Å². The highest BCUT2D eigenvalue weighted by atomic mass is 32.1. The van der Waals surface area contributed by atoms with Gasteiger partial charge in [-0.1, -0.05) is 6.42 Å². The van der Waals surface area contributed by atoms with Crippen LogP contribution in [-0.4, -0.2) is 16.5 Å². The van der Waals surface area contributed by atoms with Crippen LogP contribution >= 0.6 is 11.3 Å². The zero-order valence-corrected chi connectivity index (χ0v) is 11.8. The van der Waals surface area contributed by atoms with Crippen LogP contribution in [0.1, 0.15) is 36.6 Å². The van der Waals surface area contributed by atoms with E-state index in [2.05, 4.69) is 32.1 Å². The van der Waals surface area contributed by atoms with Crippen molar-refractivity contribution >= 4 is 22.3 Å². The summed E-state index contributed by atoms with van der Waals surface area (Å²) in [5.74, 6) is 0.654. The fourth-order valence-electron chi connectivity index (χ4n) is 2.29. The third-order valence-corrected chi connectivity index (χ3v) is 4.09. The molecule has 1 aliphatic rings. The fourth-order valence-corrected chi connectivity index (χ4v) is 3.06. The van der Waals surface area contributed by atoms with Crippen LogP contribution in [0.25, 0.3) is 0 Å². The van der Waals surface area contributed by atoms with E-state index in [4.69, 9.17) is 5.26 Å². The Kier molecular flexibility index (Phi) is 3.90. The van der Waals surface area contributed by atoms with E-state index in [1.54, 1.807) is 29.7 Å². The SMILES string of the molecule is N#Cc1ccnc(Nc2nc([C@H]3CCCCN3)cs2)c1. The van der Waals surface area contributed by atoms with Crippen LogP contribution in [0.15, 0.2) is 23.7 Å². The molecule has 6 heteroatoms. The summed E-state index contributed by atoms with van der Waals surface area (Å²) in [6.45, 7) is 1.07. The highest BCUT2D eigenvalue weighted by Crippen LogP contribution is 2.27. The van der Waals surface area contributed by atoms with Gasteiger partial charge >= 0.3 is 0 Å². The minimum Gasteiger partial charge on any atom is -0.316 e. The second-order valence-corrected chi connectivity index (χ2v) is 5.60. The van der Waals surface area contributed by atoms with Gasteiger partial charge in [0.1, 0.15) is 5.82 Å². The maximum atomic E-state index is 8.88. The average molecular weight is 285 g/mol. The first-order chi connectivity index (χ1) is 9.85. The van der Waals surface area contributed by atoms with Crippen molar-refractivity contribution in [2.24, 2.45) is 0 Å². The molecule has 2 N–H and O–H groups in total. The summed E-state index contributed by atoms with van der Waals surface area (Å²) in [7, 11) is 0. The first-order valence-corrected chi connectivity index (χ1v) is 7.55. The summed E-state index contributed by atoms with van der Waals surface area (Å²) in [5.41, 5.74) is 1.68. The van der Waals surface area contributed by atoms with Gasteiger partial charge in [-0.15, -0.1) is 11.3 Å². The van der Waals surface area contributed by atoms with Crippen molar-refractivity contribution in [3.05, 3.63) is 35.0 Å². The molecule has 102 valence electrons. The van der Waals surface area contributed by atoms with Crippen molar-refractivity contribution in [3.63, 3.8) is 0 Å². The molecule has 1 fully saturated rings. The normalized spacial score (nSPS) is 18.4. The largest absolute Gasteiger partial charge is 0.316 e. The maximum Gasteiger partial charge on any atom is 0.188 e. The quantitative estimate of drug-likeness (QED) is 0.907. The summed E-state index contributed by atoms with van der Waals surface area (Å²) in [4.78, 5) is 8.80. The molecule has 0 amide bonds. The Balaban J connectivity index is 1.71. The summed E-state index contributed by atoms with van der Waals surface area (Å²) < 4.78 is 0. The van der Waals surface area contributed by atoms with E-state index in [0.29, 0.717) is 17.4 Å². The van der Waals surface area contributed by atoms with E-state index < -0.39 is 0 Å². The van der Waals surface area contributed by atoms with E-state index in [1.807, 2.05) is 0 Å². The van der Waals surface area contributed by atoms with E-state index in [-0.39, 0.29) is 0 Å².